The zero-order valence-corrected chi connectivity index (χ0v) is 15.4. The highest BCUT2D eigenvalue weighted by molar-refractivity contribution is 5.75. The van der Waals surface area contributed by atoms with Crippen molar-refractivity contribution in [2.45, 2.75) is 33.2 Å². The Morgan fingerprint density at radius 3 is 2.69 bits per heavy atom. The van der Waals surface area contributed by atoms with Crippen LogP contribution in [0.15, 0.2) is 42.5 Å². The van der Waals surface area contributed by atoms with Gasteiger partial charge in [-0.3, -0.25) is 4.79 Å². The molecule has 0 saturated carbocycles. The van der Waals surface area contributed by atoms with E-state index in [1.54, 1.807) is 0 Å². The number of hydrogen-bond acceptors (Lipinski definition) is 3. The molecule has 1 heterocycles. The highest BCUT2D eigenvalue weighted by Crippen LogP contribution is 2.18. The molecule has 0 fully saturated rings. The van der Waals surface area contributed by atoms with Crippen LogP contribution in [0, 0.1) is 13.8 Å². The summed E-state index contributed by atoms with van der Waals surface area (Å²) in [7, 11) is 0. The maximum Gasteiger partial charge on any atom is 0.207 e. The molecule has 0 aliphatic carbocycles. The first-order valence-corrected chi connectivity index (χ1v) is 8.99. The minimum absolute atomic E-state index is 0.589. The monoisotopic (exact) mass is 351 g/mol. The SMILES string of the molecule is Cc1cc(C)cc(OCCCn2c(CCNC=O)nc3ccccc32)c1. The van der Waals surface area contributed by atoms with E-state index < -0.39 is 0 Å². The molecule has 0 spiro atoms. The van der Waals surface area contributed by atoms with E-state index in [1.165, 1.54) is 11.1 Å². The Morgan fingerprint density at radius 2 is 1.92 bits per heavy atom. The lowest BCUT2D eigenvalue weighted by Crippen LogP contribution is -2.17. The van der Waals surface area contributed by atoms with E-state index in [1.807, 2.05) is 18.2 Å². The Morgan fingerprint density at radius 1 is 1.15 bits per heavy atom. The summed E-state index contributed by atoms with van der Waals surface area (Å²) in [6.07, 6.45) is 2.33. The Balaban J connectivity index is 1.65. The second-order valence-corrected chi connectivity index (χ2v) is 6.52. The Bertz CT molecular complexity index is 866. The van der Waals surface area contributed by atoms with E-state index in [0.717, 1.165) is 42.0 Å². The molecule has 0 radical (unpaired) electrons. The Hall–Kier alpha value is -2.82. The summed E-state index contributed by atoms with van der Waals surface area (Å²) in [6, 6.07) is 14.4. The van der Waals surface area contributed by atoms with Gasteiger partial charge in [-0.2, -0.15) is 0 Å². The zero-order valence-electron chi connectivity index (χ0n) is 15.4. The van der Waals surface area contributed by atoms with E-state index >= 15 is 0 Å². The van der Waals surface area contributed by atoms with Crippen LogP contribution < -0.4 is 10.1 Å². The molecule has 26 heavy (non-hydrogen) atoms. The number of carbonyl (C=O) groups is 1. The minimum Gasteiger partial charge on any atom is -0.494 e. The van der Waals surface area contributed by atoms with Gasteiger partial charge < -0.3 is 14.6 Å². The van der Waals surface area contributed by atoms with Crippen LogP contribution in [0.1, 0.15) is 23.4 Å². The van der Waals surface area contributed by atoms with Gasteiger partial charge in [-0.25, -0.2) is 4.98 Å². The van der Waals surface area contributed by atoms with Gasteiger partial charge in [-0.05, 0) is 55.7 Å². The summed E-state index contributed by atoms with van der Waals surface area (Å²) in [5.74, 6) is 1.92. The molecule has 1 amide bonds. The molecule has 0 aliphatic heterocycles. The number of aromatic nitrogens is 2. The molecule has 136 valence electrons. The largest absolute Gasteiger partial charge is 0.494 e. The van der Waals surface area contributed by atoms with Gasteiger partial charge >= 0.3 is 0 Å². The smallest absolute Gasteiger partial charge is 0.207 e. The van der Waals surface area contributed by atoms with Crippen molar-refractivity contribution in [3.8, 4) is 5.75 Å². The predicted octanol–water partition coefficient (Wildman–Crippen LogP) is 3.41. The number of benzene rings is 2. The normalized spacial score (nSPS) is 10.8. The number of imidazole rings is 1. The van der Waals surface area contributed by atoms with E-state index in [2.05, 4.69) is 48.0 Å². The lowest BCUT2D eigenvalue weighted by molar-refractivity contribution is -0.109. The van der Waals surface area contributed by atoms with Gasteiger partial charge in [0, 0.05) is 19.5 Å². The molecule has 0 atom stereocenters. The third-order valence-corrected chi connectivity index (χ3v) is 4.30. The van der Waals surface area contributed by atoms with Gasteiger partial charge in [0.25, 0.3) is 0 Å². The van der Waals surface area contributed by atoms with Crippen LogP contribution in [-0.2, 0) is 17.8 Å². The average Bonchev–Trinajstić information content (AvgIpc) is 2.96. The van der Waals surface area contributed by atoms with Crippen LogP contribution in [0.3, 0.4) is 0 Å². The minimum atomic E-state index is 0.589. The second-order valence-electron chi connectivity index (χ2n) is 6.52. The maximum absolute atomic E-state index is 10.5. The number of ether oxygens (including phenoxy) is 1. The van der Waals surface area contributed by atoms with E-state index in [-0.39, 0.29) is 0 Å². The molecule has 3 aromatic rings. The van der Waals surface area contributed by atoms with Crippen molar-refractivity contribution in [1.82, 2.24) is 14.9 Å². The second kappa shape index (κ2) is 8.52. The van der Waals surface area contributed by atoms with Crippen molar-refractivity contribution in [3.05, 3.63) is 59.4 Å². The number of fused-ring (bicyclic) bond motifs is 1. The summed E-state index contributed by atoms with van der Waals surface area (Å²) in [6.45, 7) is 6.24. The fourth-order valence-corrected chi connectivity index (χ4v) is 3.24. The molecule has 0 aliphatic rings. The number of hydrogen-bond donors (Lipinski definition) is 1. The van der Waals surface area contributed by atoms with Gasteiger partial charge in [0.2, 0.25) is 6.41 Å². The van der Waals surface area contributed by atoms with Gasteiger partial charge in [0.1, 0.15) is 11.6 Å². The van der Waals surface area contributed by atoms with Crippen LogP contribution in [-0.4, -0.2) is 29.1 Å². The van der Waals surface area contributed by atoms with Crippen LogP contribution in [0.2, 0.25) is 0 Å². The molecule has 1 aromatic heterocycles. The molecule has 1 N–H and O–H groups in total. The van der Waals surface area contributed by atoms with Gasteiger partial charge in [-0.15, -0.1) is 0 Å². The lowest BCUT2D eigenvalue weighted by Gasteiger charge is -2.11. The summed E-state index contributed by atoms with van der Waals surface area (Å²) < 4.78 is 8.15. The van der Waals surface area contributed by atoms with E-state index in [4.69, 9.17) is 9.72 Å². The highest BCUT2D eigenvalue weighted by atomic mass is 16.5. The van der Waals surface area contributed by atoms with Gasteiger partial charge in [0.15, 0.2) is 0 Å². The first-order valence-electron chi connectivity index (χ1n) is 8.99. The first kappa shape index (κ1) is 18.0. The Kier molecular flexibility index (Phi) is 5.89. The molecular formula is C21H25N3O2. The van der Waals surface area contributed by atoms with E-state index in [9.17, 15) is 4.79 Å². The van der Waals surface area contributed by atoms with Gasteiger partial charge in [-0.1, -0.05) is 18.2 Å². The number of nitrogens with one attached hydrogen (secondary N) is 1. The van der Waals surface area contributed by atoms with Crippen molar-refractivity contribution < 1.29 is 9.53 Å². The average molecular weight is 351 g/mol. The number of aryl methyl sites for hydroxylation is 3. The molecule has 5 nitrogen and oxygen atoms in total. The van der Waals surface area contributed by atoms with Gasteiger partial charge in [0.05, 0.1) is 17.6 Å². The quantitative estimate of drug-likeness (QED) is 0.475. The van der Waals surface area contributed by atoms with Crippen molar-refractivity contribution in [2.24, 2.45) is 0 Å². The molecule has 3 rings (SSSR count). The molecule has 0 unspecified atom stereocenters. The summed E-state index contributed by atoms with van der Waals surface area (Å²) in [4.78, 5) is 15.2. The lowest BCUT2D eigenvalue weighted by atomic mass is 10.1. The number of rotatable bonds is 9. The summed E-state index contributed by atoms with van der Waals surface area (Å²) in [5.41, 5.74) is 4.54. The maximum atomic E-state index is 10.5. The fourth-order valence-electron chi connectivity index (χ4n) is 3.24. The van der Waals surface area contributed by atoms with E-state index in [0.29, 0.717) is 19.6 Å². The molecular weight excluding hydrogens is 326 g/mol. The number of nitrogens with zero attached hydrogens (tertiary/aromatic N) is 2. The molecule has 5 heteroatoms. The summed E-state index contributed by atoms with van der Waals surface area (Å²) >= 11 is 0. The zero-order chi connectivity index (χ0) is 18.4. The Labute approximate surface area is 154 Å². The molecule has 2 aromatic carbocycles. The fraction of sp³-hybridized carbons (Fsp3) is 0.333. The molecule has 0 saturated heterocycles. The third kappa shape index (κ3) is 4.42. The van der Waals surface area contributed by atoms with Crippen LogP contribution >= 0.6 is 0 Å². The standard InChI is InChI=1S/C21H25N3O2/c1-16-12-17(2)14-18(13-16)26-11-5-10-24-20-7-4-3-6-19(20)23-21(24)8-9-22-15-25/h3-4,6-7,12-15H,5,8-11H2,1-2H3,(H,22,25). The van der Waals surface area contributed by atoms with Crippen molar-refractivity contribution >= 4 is 17.4 Å². The van der Waals surface area contributed by atoms with Crippen molar-refractivity contribution in [3.63, 3.8) is 0 Å². The molecule has 0 bridgehead atoms. The summed E-state index contributed by atoms with van der Waals surface area (Å²) in [5, 5.41) is 2.71. The topological polar surface area (TPSA) is 56.1 Å². The number of amides is 1. The van der Waals surface area contributed by atoms with Crippen LogP contribution in [0.5, 0.6) is 5.75 Å². The van der Waals surface area contributed by atoms with Crippen molar-refractivity contribution in [1.29, 1.82) is 0 Å². The van der Waals surface area contributed by atoms with Crippen molar-refractivity contribution in [2.75, 3.05) is 13.2 Å². The first-order chi connectivity index (χ1) is 12.7. The van der Waals surface area contributed by atoms with Crippen LogP contribution in [0.4, 0.5) is 0 Å². The van der Waals surface area contributed by atoms with Crippen LogP contribution in [0.25, 0.3) is 11.0 Å². The highest BCUT2D eigenvalue weighted by Gasteiger charge is 2.10. The third-order valence-electron chi connectivity index (χ3n) is 4.30. The number of para-hydroxylation sites is 2. The number of carbonyl (C=O) groups excluding carboxylic acids is 1. The predicted molar refractivity (Wildman–Crippen MR) is 104 cm³/mol.